The molecule has 4 nitrogen and oxygen atoms in total. The van der Waals surface area contributed by atoms with E-state index in [-0.39, 0.29) is 5.75 Å². The lowest BCUT2D eigenvalue weighted by Crippen LogP contribution is -2.39. The molecule has 0 radical (unpaired) electrons. The molecule has 0 saturated carbocycles. The number of alkyl halides is 1. The third kappa shape index (κ3) is 2.41. The number of phenolic OH excluding ortho intramolecular Hbond substituents is 1. The molecule has 0 fully saturated rings. The predicted octanol–water partition coefficient (Wildman–Crippen LogP) is 3.43. The number of furan rings is 1. The van der Waals surface area contributed by atoms with E-state index in [2.05, 4.69) is 11.0 Å². The molecule has 0 spiro atoms. The van der Waals surface area contributed by atoms with Crippen LogP contribution in [0.2, 0.25) is 0 Å². The molecule has 0 saturated heterocycles. The molecule has 23 heavy (non-hydrogen) atoms. The van der Waals surface area contributed by atoms with Gasteiger partial charge in [0.2, 0.25) is 0 Å². The molecule has 5 heteroatoms. The molecule has 3 heterocycles. The maximum absolute atomic E-state index is 10.0. The summed E-state index contributed by atoms with van der Waals surface area (Å²) in [5.41, 5.74) is 3.65. The number of fused-ring (bicyclic) bond motifs is 4. The maximum Gasteiger partial charge on any atom is 0.165 e. The van der Waals surface area contributed by atoms with Crippen molar-refractivity contribution in [3.8, 4) is 11.5 Å². The van der Waals surface area contributed by atoms with Crippen molar-refractivity contribution < 1.29 is 14.3 Å². The number of ether oxygens (including phenoxy) is 1. The van der Waals surface area contributed by atoms with Gasteiger partial charge in [0.1, 0.15) is 11.5 Å². The molecule has 2 aliphatic rings. The Morgan fingerprint density at radius 2 is 2.30 bits per heavy atom. The van der Waals surface area contributed by atoms with Gasteiger partial charge in [-0.15, -0.1) is 11.6 Å². The molecule has 1 atom stereocenters. The zero-order valence-corrected chi connectivity index (χ0v) is 13.9. The Balaban J connectivity index is 1.72. The van der Waals surface area contributed by atoms with Crippen molar-refractivity contribution in [3.05, 3.63) is 46.4 Å². The fraction of sp³-hybridized carbons (Fsp3) is 0.444. The highest BCUT2D eigenvalue weighted by molar-refractivity contribution is 6.17. The molecule has 4 rings (SSSR count). The van der Waals surface area contributed by atoms with Crippen LogP contribution in [0.3, 0.4) is 0 Å². The highest BCUT2D eigenvalue weighted by atomic mass is 35.5. The highest BCUT2D eigenvalue weighted by Gasteiger charge is 2.35. The second kappa shape index (κ2) is 5.77. The number of benzene rings is 1. The summed E-state index contributed by atoms with van der Waals surface area (Å²) >= 11 is 5.84. The number of halogens is 1. The minimum absolute atomic E-state index is 0.218. The summed E-state index contributed by atoms with van der Waals surface area (Å²) in [5, 5.41) is 10.0. The van der Waals surface area contributed by atoms with Crippen molar-refractivity contribution >= 4 is 11.6 Å². The summed E-state index contributed by atoms with van der Waals surface area (Å²) in [6.45, 7) is 1.76. The minimum atomic E-state index is 0.218. The van der Waals surface area contributed by atoms with Crippen molar-refractivity contribution in [1.82, 2.24) is 4.90 Å². The summed E-state index contributed by atoms with van der Waals surface area (Å²) in [6.07, 6.45) is 2.61. The standard InChI is InChI=1S/C18H20ClNO3/c1-22-18-14-10-20-7-5-17-13(9-12(23-17)4-6-19)15(20)8-11(14)2-3-16(18)21/h2-3,9,15,21H,4-8,10H2,1H3/t15-/m0/s1. The van der Waals surface area contributed by atoms with Crippen LogP contribution in [0.1, 0.15) is 34.3 Å². The number of nitrogens with zero attached hydrogens (tertiary/aromatic N) is 1. The van der Waals surface area contributed by atoms with Gasteiger partial charge in [0.25, 0.3) is 0 Å². The number of aryl methyl sites for hydroxylation is 1. The molecule has 1 aromatic carbocycles. The van der Waals surface area contributed by atoms with Crippen molar-refractivity contribution in [2.45, 2.75) is 31.8 Å². The van der Waals surface area contributed by atoms with E-state index in [4.69, 9.17) is 20.8 Å². The Labute approximate surface area is 140 Å². The zero-order valence-electron chi connectivity index (χ0n) is 13.1. The van der Waals surface area contributed by atoms with E-state index in [1.807, 2.05) is 6.07 Å². The van der Waals surface area contributed by atoms with Gasteiger partial charge in [-0.25, -0.2) is 0 Å². The van der Waals surface area contributed by atoms with Crippen LogP contribution in [0.5, 0.6) is 11.5 Å². The van der Waals surface area contributed by atoms with Crippen molar-refractivity contribution in [2.24, 2.45) is 0 Å². The molecule has 1 N–H and O–H groups in total. The molecule has 2 aliphatic heterocycles. The first kappa shape index (κ1) is 14.9. The molecule has 1 aromatic heterocycles. The predicted molar refractivity (Wildman–Crippen MR) is 88.3 cm³/mol. The Morgan fingerprint density at radius 1 is 1.43 bits per heavy atom. The van der Waals surface area contributed by atoms with Crippen LogP contribution in [0.15, 0.2) is 22.6 Å². The summed E-state index contributed by atoms with van der Waals surface area (Å²) in [5.74, 6) is 3.51. The van der Waals surface area contributed by atoms with E-state index in [9.17, 15) is 5.11 Å². The van der Waals surface area contributed by atoms with Gasteiger partial charge in [-0.1, -0.05) is 6.07 Å². The lowest BCUT2D eigenvalue weighted by atomic mass is 9.86. The molecule has 0 aliphatic carbocycles. The Hall–Kier alpha value is -1.65. The summed E-state index contributed by atoms with van der Waals surface area (Å²) in [7, 11) is 1.62. The lowest BCUT2D eigenvalue weighted by molar-refractivity contribution is 0.150. The number of phenols is 1. The van der Waals surface area contributed by atoms with Gasteiger partial charge in [-0.3, -0.25) is 4.90 Å². The molecule has 2 aromatic rings. The van der Waals surface area contributed by atoms with E-state index in [1.54, 1.807) is 13.2 Å². The van der Waals surface area contributed by atoms with Crippen LogP contribution in [0, 0.1) is 0 Å². The van der Waals surface area contributed by atoms with Crippen LogP contribution in [0.4, 0.5) is 0 Å². The molecule has 0 unspecified atom stereocenters. The first-order valence-electron chi connectivity index (χ1n) is 8.00. The normalized spacial score (nSPS) is 19.8. The Kier molecular flexibility index (Phi) is 3.74. The zero-order chi connectivity index (χ0) is 16.0. The first-order valence-corrected chi connectivity index (χ1v) is 8.54. The number of hydrogen-bond donors (Lipinski definition) is 1. The lowest BCUT2D eigenvalue weighted by Gasteiger charge is -2.40. The van der Waals surface area contributed by atoms with E-state index >= 15 is 0 Å². The van der Waals surface area contributed by atoms with Crippen LogP contribution in [-0.2, 0) is 25.8 Å². The Bertz CT molecular complexity index is 740. The van der Waals surface area contributed by atoms with Gasteiger partial charge in [0.05, 0.1) is 7.11 Å². The molecular formula is C18H20ClNO3. The number of rotatable bonds is 3. The number of aromatic hydroxyl groups is 1. The largest absolute Gasteiger partial charge is 0.504 e. The monoisotopic (exact) mass is 333 g/mol. The summed E-state index contributed by atoms with van der Waals surface area (Å²) in [6, 6.07) is 6.26. The first-order chi connectivity index (χ1) is 11.2. The van der Waals surface area contributed by atoms with Crippen molar-refractivity contribution in [1.29, 1.82) is 0 Å². The highest BCUT2D eigenvalue weighted by Crippen LogP contribution is 2.44. The third-order valence-electron chi connectivity index (χ3n) is 4.97. The second-order valence-electron chi connectivity index (χ2n) is 6.23. The third-order valence-corrected chi connectivity index (χ3v) is 5.16. The fourth-order valence-electron chi connectivity index (χ4n) is 3.88. The van der Waals surface area contributed by atoms with Gasteiger partial charge in [0, 0.05) is 49.0 Å². The number of hydrogen-bond acceptors (Lipinski definition) is 4. The van der Waals surface area contributed by atoms with Crippen LogP contribution >= 0.6 is 11.6 Å². The molecule has 0 bridgehead atoms. The van der Waals surface area contributed by atoms with Gasteiger partial charge >= 0.3 is 0 Å². The van der Waals surface area contributed by atoms with E-state index in [1.165, 1.54) is 11.1 Å². The maximum atomic E-state index is 10.0. The Morgan fingerprint density at radius 3 is 3.09 bits per heavy atom. The van der Waals surface area contributed by atoms with Crippen molar-refractivity contribution in [2.75, 3.05) is 19.5 Å². The minimum Gasteiger partial charge on any atom is -0.504 e. The van der Waals surface area contributed by atoms with Crippen molar-refractivity contribution in [3.63, 3.8) is 0 Å². The second-order valence-corrected chi connectivity index (χ2v) is 6.60. The van der Waals surface area contributed by atoms with E-state index in [0.717, 1.165) is 49.4 Å². The van der Waals surface area contributed by atoms with Gasteiger partial charge in [0.15, 0.2) is 11.5 Å². The summed E-state index contributed by atoms with van der Waals surface area (Å²) < 4.78 is 11.4. The number of methoxy groups -OCH3 is 1. The SMILES string of the molecule is COc1c(O)ccc2c1CN1CCc3oc(CCCl)cc3[C@@H]1C2. The molecular weight excluding hydrogens is 314 g/mol. The smallest absolute Gasteiger partial charge is 0.165 e. The average Bonchev–Trinajstić information content (AvgIpc) is 2.96. The van der Waals surface area contributed by atoms with Gasteiger partial charge < -0.3 is 14.3 Å². The van der Waals surface area contributed by atoms with Gasteiger partial charge in [-0.05, 0) is 24.1 Å². The summed E-state index contributed by atoms with van der Waals surface area (Å²) in [4.78, 5) is 2.45. The molecule has 0 amide bonds. The quantitative estimate of drug-likeness (QED) is 0.874. The van der Waals surface area contributed by atoms with Crippen LogP contribution in [-0.4, -0.2) is 29.5 Å². The van der Waals surface area contributed by atoms with Gasteiger partial charge in [-0.2, -0.15) is 0 Å². The average molecular weight is 334 g/mol. The fourth-order valence-corrected chi connectivity index (χ4v) is 4.07. The van der Waals surface area contributed by atoms with Crippen LogP contribution in [0.25, 0.3) is 0 Å². The topological polar surface area (TPSA) is 45.8 Å². The van der Waals surface area contributed by atoms with E-state index in [0.29, 0.717) is 17.7 Å². The molecule has 122 valence electrons. The van der Waals surface area contributed by atoms with Crippen LogP contribution < -0.4 is 4.74 Å². The van der Waals surface area contributed by atoms with E-state index < -0.39 is 0 Å².